The predicted octanol–water partition coefficient (Wildman–Crippen LogP) is 3.75. The normalized spacial score (nSPS) is 11.4. The number of likely N-dealkylation sites (N-methyl/N-ethyl adjacent to an activating group) is 1. The summed E-state index contributed by atoms with van der Waals surface area (Å²) in [5, 5.41) is 14.2. The molecule has 0 spiro atoms. The standard InChI is InChI=1S/C24H25N5O/c1-18-7-6-8-19(13-18)16-25-17-21-14-24(28(2)11-12-30)29-23(26-21)15-22(27-29)20-9-4-3-5-10-20/h3-10,13-16,30H,11-12,17H2,1-2H3. The Balaban J connectivity index is 1.69. The van der Waals surface area contributed by atoms with Gasteiger partial charge in [-0.3, -0.25) is 4.99 Å². The van der Waals surface area contributed by atoms with E-state index in [-0.39, 0.29) is 6.61 Å². The molecule has 2 aromatic carbocycles. The molecule has 2 aromatic heterocycles. The van der Waals surface area contributed by atoms with E-state index in [1.807, 2.05) is 77.3 Å². The maximum absolute atomic E-state index is 9.40. The Kier molecular flexibility index (Phi) is 5.86. The predicted molar refractivity (Wildman–Crippen MR) is 121 cm³/mol. The van der Waals surface area contributed by atoms with Crippen LogP contribution >= 0.6 is 0 Å². The number of hydrogen-bond donors (Lipinski definition) is 1. The number of aliphatic imine (C=N–C) groups is 1. The van der Waals surface area contributed by atoms with Gasteiger partial charge >= 0.3 is 0 Å². The Morgan fingerprint density at radius 3 is 2.67 bits per heavy atom. The largest absolute Gasteiger partial charge is 0.395 e. The van der Waals surface area contributed by atoms with Crippen molar-refractivity contribution < 1.29 is 5.11 Å². The number of aliphatic hydroxyl groups excluding tert-OH is 1. The Hall–Kier alpha value is -3.51. The molecule has 0 aliphatic carbocycles. The first-order chi connectivity index (χ1) is 14.6. The molecule has 0 amide bonds. The van der Waals surface area contributed by atoms with Crippen molar-refractivity contribution in [1.29, 1.82) is 0 Å². The average molecular weight is 399 g/mol. The molecule has 0 bridgehead atoms. The summed E-state index contributed by atoms with van der Waals surface area (Å²) in [5.74, 6) is 0.872. The number of hydrogen-bond acceptors (Lipinski definition) is 5. The average Bonchev–Trinajstić information content (AvgIpc) is 3.18. The Morgan fingerprint density at radius 2 is 1.90 bits per heavy atom. The molecule has 0 saturated heterocycles. The van der Waals surface area contributed by atoms with Gasteiger partial charge in [-0.1, -0.05) is 60.2 Å². The smallest absolute Gasteiger partial charge is 0.158 e. The minimum Gasteiger partial charge on any atom is -0.395 e. The number of aromatic nitrogens is 3. The molecule has 6 nitrogen and oxygen atoms in total. The van der Waals surface area contributed by atoms with E-state index in [0.717, 1.165) is 34.0 Å². The molecule has 6 heteroatoms. The fourth-order valence-electron chi connectivity index (χ4n) is 3.37. The molecule has 4 aromatic rings. The lowest BCUT2D eigenvalue weighted by Gasteiger charge is -2.19. The zero-order valence-corrected chi connectivity index (χ0v) is 17.2. The Labute approximate surface area is 176 Å². The lowest BCUT2D eigenvalue weighted by atomic mass is 10.1. The molecule has 0 radical (unpaired) electrons. The minimum absolute atomic E-state index is 0.0635. The van der Waals surface area contributed by atoms with Crippen LogP contribution in [-0.2, 0) is 6.54 Å². The first-order valence-corrected chi connectivity index (χ1v) is 9.97. The molecule has 0 saturated carbocycles. The van der Waals surface area contributed by atoms with E-state index < -0.39 is 0 Å². The summed E-state index contributed by atoms with van der Waals surface area (Å²) >= 11 is 0. The fraction of sp³-hybridized carbons (Fsp3) is 0.208. The summed E-state index contributed by atoms with van der Waals surface area (Å²) < 4.78 is 1.83. The van der Waals surface area contributed by atoms with Gasteiger partial charge in [0.1, 0.15) is 5.82 Å². The second kappa shape index (κ2) is 8.88. The van der Waals surface area contributed by atoms with E-state index in [1.165, 1.54) is 5.56 Å². The van der Waals surface area contributed by atoms with Crippen molar-refractivity contribution in [2.45, 2.75) is 13.5 Å². The highest BCUT2D eigenvalue weighted by Gasteiger charge is 2.13. The van der Waals surface area contributed by atoms with E-state index in [2.05, 4.69) is 24.0 Å². The highest BCUT2D eigenvalue weighted by molar-refractivity contribution is 5.79. The molecular formula is C24H25N5O. The summed E-state index contributed by atoms with van der Waals surface area (Å²) in [7, 11) is 1.94. The van der Waals surface area contributed by atoms with Crippen LogP contribution in [0.2, 0.25) is 0 Å². The summed E-state index contributed by atoms with van der Waals surface area (Å²) in [6.07, 6.45) is 1.88. The topological polar surface area (TPSA) is 66.0 Å². The van der Waals surface area contributed by atoms with Crippen LogP contribution in [-0.4, -0.2) is 46.1 Å². The van der Waals surface area contributed by atoms with Crippen LogP contribution in [0.25, 0.3) is 16.9 Å². The lowest BCUT2D eigenvalue weighted by Crippen LogP contribution is -2.24. The number of fused-ring (bicyclic) bond motifs is 1. The van der Waals surface area contributed by atoms with Crippen molar-refractivity contribution in [2.24, 2.45) is 4.99 Å². The van der Waals surface area contributed by atoms with Crippen molar-refractivity contribution in [3.63, 3.8) is 0 Å². The number of anilines is 1. The quantitative estimate of drug-likeness (QED) is 0.481. The van der Waals surface area contributed by atoms with E-state index in [9.17, 15) is 5.11 Å². The Morgan fingerprint density at radius 1 is 1.07 bits per heavy atom. The van der Waals surface area contributed by atoms with Crippen LogP contribution in [0, 0.1) is 6.92 Å². The first-order valence-electron chi connectivity index (χ1n) is 9.97. The van der Waals surface area contributed by atoms with Gasteiger partial charge in [0.25, 0.3) is 0 Å². The SMILES string of the molecule is Cc1cccc(C=NCc2cc(N(C)CCO)n3nc(-c4ccccc4)cc3n2)c1. The van der Waals surface area contributed by atoms with Gasteiger partial charge in [-0.05, 0) is 12.5 Å². The van der Waals surface area contributed by atoms with Crippen molar-refractivity contribution in [1.82, 2.24) is 14.6 Å². The van der Waals surface area contributed by atoms with Gasteiger partial charge in [0.05, 0.1) is 24.5 Å². The van der Waals surface area contributed by atoms with Crippen LogP contribution in [0.1, 0.15) is 16.8 Å². The number of benzene rings is 2. The van der Waals surface area contributed by atoms with Crippen molar-refractivity contribution in [3.05, 3.63) is 83.6 Å². The van der Waals surface area contributed by atoms with Crippen LogP contribution in [0.5, 0.6) is 0 Å². The van der Waals surface area contributed by atoms with Gasteiger partial charge in [-0.25, -0.2) is 4.98 Å². The molecule has 4 rings (SSSR count). The van der Waals surface area contributed by atoms with Gasteiger partial charge in [0.2, 0.25) is 0 Å². The van der Waals surface area contributed by atoms with Crippen LogP contribution in [0.4, 0.5) is 5.82 Å². The number of nitrogens with zero attached hydrogens (tertiary/aromatic N) is 5. The zero-order valence-electron chi connectivity index (χ0n) is 17.2. The summed E-state index contributed by atoms with van der Waals surface area (Å²) in [6.45, 7) is 3.11. The van der Waals surface area contributed by atoms with E-state index in [4.69, 9.17) is 10.1 Å². The molecule has 2 heterocycles. The molecule has 152 valence electrons. The van der Waals surface area contributed by atoms with Crippen molar-refractivity contribution in [3.8, 4) is 11.3 Å². The molecule has 0 fully saturated rings. The van der Waals surface area contributed by atoms with E-state index in [1.54, 1.807) is 0 Å². The third-order valence-corrected chi connectivity index (χ3v) is 4.89. The van der Waals surface area contributed by atoms with Gasteiger partial charge in [0, 0.05) is 37.5 Å². The second-order valence-corrected chi connectivity index (χ2v) is 7.30. The van der Waals surface area contributed by atoms with E-state index >= 15 is 0 Å². The minimum atomic E-state index is 0.0635. The van der Waals surface area contributed by atoms with Crippen LogP contribution in [0.3, 0.4) is 0 Å². The molecule has 0 aliphatic rings. The highest BCUT2D eigenvalue weighted by atomic mass is 16.3. The molecule has 0 atom stereocenters. The van der Waals surface area contributed by atoms with Crippen molar-refractivity contribution >= 4 is 17.7 Å². The maximum Gasteiger partial charge on any atom is 0.158 e. The van der Waals surface area contributed by atoms with Crippen molar-refractivity contribution in [2.75, 3.05) is 25.1 Å². The van der Waals surface area contributed by atoms with Gasteiger partial charge < -0.3 is 10.0 Å². The van der Waals surface area contributed by atoms with Crippen LogP contribution < -0.4 is 4.90 Å². The Bertz CT molecular complexity index is 1170. The summed E-state index contributed by atoms with van der Waals surface area (Å²) in [5.41, 5.74) is 5.80. The molecule has 30 heavy (non-hydrogen) atoms. The highest BCUT2D eigenvalue weighted by Crippen LogP contribution is 2.23. The molecule has 1 N–H and O–H groups in total. The monoisotopic (exact) mass is 399 g/mol. The molecular weight excluding hydrogens is 374 g/mol. The summed E-state index contributed by atoms with van der Waals surface area (Å²) in [6, 6.07) is 22.3. The van der Waals surface area contributed by atoms with Gasteiger partial charge in [0.15, 0.2) is 5.65 Å². The van der Waals surface area contributed by atoms with E-state index in [0.29, 0.717) is 13.1 Å². The maximum atomic E-state index is 9.40. The fourth-order valence-corrected chi connectivity index (χ4v) is 3.37. The summed E-state index contributed by atoms with van der Waals surface area (Å²) in [4.78, 5) is 11.3. The molecule has 0 unspecified atom stereocenters. The second-order valence-electron chi connectivity index (χ2n) is 7.30. The first kappa shape index (κ1) is 19.8. The van der Waals surface area contributed by atoms with Crippen LogP contribution in [0.15, 0.2) is 71.7 Å². The van der Waals surface area contributed by atoms with Gasteiger partial charge in [-0.15, -0.1) is 0 Å². The number of aliphatic hydroxyl groups is 1. The number of aryl methyl sites for hydroxylation is 1. The molecule has 0 aliphatic heterocycles. The third-order valence-electron chi connectivity index (χ3n) is 4.89. The van der Waals surface area contributed by atoms with Gasteiger partial charge in [-0.2, -0.15) is 9.61 Å². The zero-order chi connectivity index (χ0) is 20.9. The number of rotatable bonds is 7. The lowest BCUT2D eigenvalue weighted by molar-refractivity contribution is 0.303. The third kappa shape index (κ3) is 4.39.